The topological polar surface area (TPSA) is 93.8 Å². The van der Waals surface area contributed by atoms with E-state index in [-0.39, 0.29) is 11.5 Å². The molecule has 1 N–H and O–H groups in total. The largest absolute Gasteiger partial charge is 0.457 e. The summed E-state index contributed by atoms with van der Waals surface area (Å²) in [6, 6.07) is 9.89. The third-order valence-corrected chi connectivity index (χ3v) is 4.54. The maximum atomic E-state index is 12.2. The van der Waals surface area contributed by atoms with Crippen molar-refractivity contribution in [1.29, 1.82) is 0 Å². The number of rotatable bonds is 5. The van der Waals surface area contributed by atoms with Gasteiger partial charge in [0.25, 0.3) is 5.91 Å². The molecule has 28 heavy (non-hydrogen) atoms. The molecule has 1 amide bonds. The summed E-state index contributed by atoms with van der Waals surface area (Å²) >= 11 is 6.73. The molecule has 3 rings (SSSR count). The number of hydrazone groups is 1. The van der Waals surface area contributed by atoms with Crippen molar-refractivity contribution in [3.63, 3.8) is 0 Å². The maximum absolute atomic E-state index is 12.2. The van der Waals surface area contributed by atoms with Crippen molar-refractivity contribution < 1.29 is 18.7 Å². The summed E-state index contributed by atoms with van der Waals surface area (Å²) in [4.78, 5) is 28.4. The highest BCUT2D eigenvalue weighted by Crippen LogP contribution is 2.32. The molecule has 0 fully saturated rings. The summed E-state index contributed by atoms with van der Waals surface area (Å²) in [6.07, 6.45) is 4.22. The Balaban J connectivity index is 1.78. The zero-order valence-electron chi connectivity index (χ0n) is 14.5. The molecule has 7 nitrogen and oxygen atoms in total. The van der Waals surface area contributed by atoms with Gasteiger partial charge in [0.05, 0.1) is 22.5 Å². The average molecular weight is 507 g/mol. The van der Waals surface area contributed by atoms with Gasteiger partial charge in [-0.1, -0.05) is 15.9 Å². The Kier molecular flexibility index (Phi) is 6.37. The van der Waals surface area contributed by atoms with Crippen LogP contribution in [0.1, 0.15) is 32.2 Å². The van der Waals surface area contributed by atoms with Gasteiger partial charge in [-0.25, -0.2) is 10.2 Å². The van der Waals surface area contributed by atoms with E-state index < -0.39 is 11.9 Å². The second-order valence-electron chi connectivity index (χ2n) is 5.56. The van der Waals surface area contributed by atoms with Crippen LogP contribution in [0.25, 0.3) is 0 Å². The number of furan rings is 1. The third-order valence-electron chi connectivity index (χ3n) is 3.50. The number of amides is 1. The molecule has 142 valence electrons. The van der Waals surface area contributed by atoms with E-state index in [4.69, 9.17) is 9.15 Å². The molecule has 0 radical (unpaired) electrons. The van der Waals surface area contributed by atoms with Crippen molar-refractivity contribution in [3.05, 3.63) is 80.4 Å². The molecule has 1 aromatic carbocycles. The van der Waals surface area contributed by atoms with Crippen molar-refractivity contribution in [2.75, 3.05) is 0 Å². The molecule has 2 aromatic heterocycles. The van der Waals surface area contributed by atoms with Gasteiger partial charge in [0.1, 0.15) is 0 Å². The van der Waals surface area contributed by atoms with Gasteiger partial charge in [-0.2, -0.15) is 5.10 Å². The Hall–Kier alpha value is -2.78. The molecule has 0 bridgehead atoms. The molecular weight excluding hydrogens is 494 g/mol. The number of carbonyl (C=O) groups is 2. The lowest BCUT2D eigenvalue weighted by molar-refractivity contribution is 0.0699. The molecule has 0 aliphatic carbocycles. The lowest BCUT2D eigenvalue weighted by Gasteiger charge is -2.09. The van der Waals surface area contributed by atoms with E-state index in [1.165, 1.54) is 24.7 Å². The number of aryl methyl sites for hydroxylation is 1. The second-order valence-corrected chi connectivity index (χ2v) is 7.33. The van der Waals surface area contributed by atoms with E-state index in [1.54, 1.807) is 30.3 Å². The predicted molar refractivity (Wildman–Crippen MR) is 110 cm³/mol. The number of hydrogen-bond donors (Lipinski definition) is 1. The molecule has 0 aliphatic rings. The van der Waals surface area contributed by atoms with Gasteiger partial charge in [-0.15, -0.1) is 0 Å². The average Bonchev–Trinajstić information content (AvgIpc) is 3.19. The molecule has 9 heteroatoms. The summed E-state index contributed by atoms with van der Waals surface area (Å²) in [5.41, 5.74) is 4.06. The number of halogens is 2. The number of hydrogen-bond acceptors (Lipinski definition) is 6. The van der Waals surface area contributed by atoms with Crippen LogP contribution < -0.4 is 10.2 Å². The summed E-state index contributed by atoms with van der Waals surface area (Å²) < 4.78 is 11.7. The lowest BCUT2D eigenvalue weighted by atomic mass is 10.2. The first kappa shape index (κ1) is 20.0. The van der Waals surface area contributed by atoms with Gasteiger partial charge in [-0.05, 0) is 59.3 Å². The Morgan fingerprint density at radius 1 is 1.25 bits per heavy atom. The highest BCUT2D eigenvalue weighted by atomic mass is 79.9. The first-order chi connectivity index (χ1) is 13.4. The number of benzene rings is 1. The van der Waals surface area contributed by atoms with E-state index in [9.17, 15) is 9.59 Å². The van der Waals surface area contributed by atoms with Gasteiger partial charge in [-0.3, -0.25) is 9.78 Å². The SMILES string of the molecule is Cc1ccc(C(=O)NN=Cc2cc(Br)cc(Br)c2OC(=O)c2ccco2)cn1. The van der Waals surface area contributed by atoms with Crippen LogP contribution in [0.3, 0.4) is 0 Å². The molecule has 0 aliphatic heterocycles. The molecule has 0 spiro atoms. The van der Waals surface area contributed by atoms with Crippen molar-refractivity contribution in [1.82, 2.24) is 10.4 Å². The van der Waals surface area contributed by atoms with Crippen LogP contribution in [-0.4, -0.2) is 23.1 Å². The minimum Gasteiger partial charge on any atom is -0.457 e. The van der Waals surface area contributed by atoms with Crippen LogP contribution in [0.2, 0.25) is 0 Å². The second kappa shape index (κ2) is 8.94. The first-order valence-corrected chi connectivity index (χ1v) is 9.53. The first-order valence-electron chi connectivity index (χ1n) is 7.95. The van der Waals surface area contributed by atoms with Crippen LogP contribution in [0.4, 0.5) is 0 Å². The van der Waals surface area contributed by atoms with Crippen LogP contribution in [0, 0.1) is 6.92 Å². The number of pyridine rings is 1. The van der Waals surface area contributed by atoms with E-state index in [2.05, 4.69) is 47.4 Å². The minimum atomic E-state index is -0.655. The maximum Gasteiger partial charge on any atom is 0.379 e. The van der Waals surface area contributed by atoms with Crippen LogP contribution in [0.15, 0.2) is 67.3 Å². The lowest BCUT2D eigenvalue weighted by Crippen LogP contribution is -2.18. The van der Waals surface area contributed by atoms with E-state index in [0.29, 0.717) is 15.6 Å². The molecular formula is C19H13Br2N3O4. The van der Waals surface area contributed by atoms with Gasteiger partial charge in [0.2, 0.25) is 5.76 Å². The van der Waals surface area contributed by atoms with Crippen LogP contribution >= 0.6 is 31.9 Å². The van der Waals surface area contributed by atoms with Gasteiger partial charge in [0, 0.05) is 21.9 Å². The van der Waals surface area contributed by atoms with E-state index >= 15 is 0 Å². The van der Waals surface area contributed by atoms with E-state index in [0.717, 1.165) is 10.2 Å². The summed E-state index contributed by atoms with van der Waals surface area (Å²) in [5, 5.41) is 3.94. The van der Waals surface area contributed by atoms with Gasteiger partial charge in [0.15, 0.2) is 5.75 Å². The molecule has 3 aromatic rings. The fourth-order valence-corrected chi connectivity index (χ4v) is 3.49. The number of carbonyl (C=O) groups excluding carboxylic acids is 2. The minimum absolute atomic E-state index is 0.0675. The zero-order chi connectivity index (χ0) is 20.1. The number of esters is 1. The standard InChI is InChI=1S/C19H13Br2N3O4/c1-11-4-5-12(9-22-11)18(25)24-23-10-13-7-14(20)8-15(21)17(13)28-19(26)16-3-2-6-27-16/h2-10H,1H3,(H,24,25). The van der Waals surface area contributed by atoms with Crippen molar-refractivity contribution in [2.45, 2.75) is 6.92 Å². The normalized spacial score (nSPS) is 10.8. The van der Waals surface area contributed by atoms with Crippen molar-refractivity contribution >= 4 is 50.0 Å². The Labute approximate surface area is 177 Å². The molecule has 0 saturated carbocycles. The predicted octanol–water partition coefficient (Wildman–Crippen LogP) is 4.49. The quantitative estimate of drug-likeness (QED) is 0.238. The van der Waals surface area contributed by atoms with Crippen molar-refractivity contribution in [3.8, 4) is 5.75 Å². The summed E-state index contributed by atoms with van der Waals surface area (Å²) in [5.74, 6) is -0.762. The smallest absolute Gasteiger partial charge is 0.379 e. The molecule has 2 heterocycles. The summed E-state index contributed by atoms with van der Waals surface area (Å²) in [6.45, 7) is 1.83. The molecule has 0 unspecified atom stereocenters. The Bertz CT molecular complexity index is 1030. The molecule has 0 saturated heterocycles. The Morgan fingerprint density at radius 3 is 2.75 bits per heavy atom. The van der Waals surface area contributed by atoms with Crippen molar-refractivity contribution in [2.24, 2.45) is 5.10 Å². The fraction of sp³-hybridized carbons (Fsp3) is 0.0526. The molecule has 0 atom stereocenters. The zero-order valence-corrected chi connectivity index (χ0v) is 17.7. The number of aromatic nitrogens is 1. The van der Waals surface area contributed by atoms with Gasteiger partial charge >= 0.3 is 5.97 Å². The number of ether oxygens (including phenoxy) is 1. The summed E-state index contributed by atoms with van der Waals surface area (Å²) in [7, 11) is 0. The van der Waals surface area contributed by atoms with Gasteiger partial charge < -0.3 is 9.15 Å². The highest BCUT2D eigenvalue weighted by molar-refractivity contribution is 9.11. The Morgan fingerprint density at radius 2 is 2.07 bits per heavy atom. The van der Waals surface area contributed by atoms with E-state index in [1.807, 2.05) is 6.92 Å². The van der Waals surface area contributed by atoms with Crippen LogP contribution in [-0.2, 0) is 0 Å². The number of nitrogens with zero attached hydrogens (tertiary/aromatic N) is 2. The third kappa shape index (κ3) is 4.93. The van der Waals surface area contributed by atoms with Crippen LogP contribution in [0.5, 0.6) is 5.75 Å². The monoisotopic (exact) mass is 505 g/mol. The fourth-order valence-electron chi connectivity index (χ4n) is 2.15. The highest BCUT2D eigenvalue weighted by Gasteiger charge is 2.17. The number of nitrogens with one attached hydrogen (secondary N) is 1.